The van der Waals surface area contributed by atoms with Crippen LogP contribution in [-0.2, 0) is 4.74 Å². The molecule has 0 saturated carbocycles. The molecule has 0 aliphatic carbocycles. The number of rotatable bonds is 2. The molecule has 2 fully saturated rings. The number of aromatic nitrogens is 1. The fraction of sp³-hybridized carbons (Fsp3) is 0.643. The predicted octanol–water partition coefficient (Wildman–Crippen LogP) is 2.18. The fourth-order valence-electron chi connectivity index (χ4n) is 3.03. The second-order valence-corrected chi connectivity index (χ2v) is 5.79. The summed E-state index contributed by atoms with van der Waals surface area (Å²) in [5, 5.41) is 0.341. The maximum Gasteiger partial charge on any atom is 0.167 e. The van der Waals surface area contributed by atoms with Crippen molar-refractivity contribution < 1.29 is 9.13 Å². The number of pyridine rings is 1. The zero-order chi connectivity index (χ0) is 13.9. The van der Waals surface area contributed by atoms with Crippen molar-refractivity contribution in [2.45, 2.75) is 18.9 Å². The molecule has 0 aromatic carbocycles. The maximum atomic E-state index is 14.0. The minimum atomic E-state index is -0.333. The Kier molecular flexibility index (Phi) is 4.38. The molecule has 0 radical (unpaired) electrons. The Morgan fingerprint density at radius 2 is 2.10 bits per heavy atom. The number of morpholine rings is 1. The Hall–Kier alpha value is -0.910. The van der Waals surface area contributed by atoms with Gasteiger partial charge < -0.3 is 9.64 Å². The number of hydrogen-bond acceptors (Lipinski definition) is 4. The topological polar surface area (TPSA) is 28.6 Å². The van der Waals surface area contributed by atoms with E-state index in [1.807, 2.05) is 4.90 Å². The first-order valence-electron chi connectivity index (χ1n) is 7.12. The summed E-state index contributed by atoms with van der Waals surface area (Å²) in [5.74, 6) is 0.0903. The SMILES string of the molecule is Fc1cc(Cl)cnc1N1CCCC(N2CCOCC2)C1. The summed E-state index contributed by atoms with van der Waals surface area (Å²) in [4.78, 5) is 8.64. The number of halogens is 2. The molecule has 0 spiro atoms. The van der Waals surface area contributed by atoms with Gasteiger partial charge in [0.1, 0.15) is 0 Å². The number of nitrogens with zero attached hydrogens (tertiary/aromatic N) is 3. The summed E-state index contributed by atoms with van der Waals surface area (Å²) < 4.78 is 19.4. The van der Waals surface area contributed by atoms with Crippen LogP contribution in [0, 0.1) is 5.82 Å². The zero-order valence-corrected chi connectivity index (χ0v) is 12.2. The molecule has 2 aliphatic rings. The minimum Gasteiger partial charge on any atom is -0.379 e. The van der Waals surface area contributed by atoms with Crippen LogP contribution in [0.5, 0.6) is 0 Å². The molecule has 1 aromatic heterocycles. The third-order valence-corrected chi connectivity index (χ3v) is 4.25. The summed E-state index contributed by atoms with van der Waals surface area (Å²) in [6.07, 6.45) is 3.73. The van der Waals surface area contributed by atoms with Gasteiger partial charge in [-0.05, 0) is 18.9 Å². The molecule has 4 nitrogen and oxygen atoms in total. The Labute approximate surface area is 123 Å². The Morgan fingerprint density at radius 1 is 1.30 bits per heavy atom. The third kappa shape index (κ3) is 3.05. The molecule has 6 heteroatoms. The monoisotopic (exact) mass is 299 g/mol. The lowest BCUT2D eigenvalue weighted by Crippen LogP contribution is -2.52. The van der Waals surface area contributed by atoms with E-state index in [1.54, 1.807) is 0 Å². The molecule has 3 heterocycles. The van der Waals surface area contributed by atoms with Gasteiger partial charge in [-0.3, -0.25) is 4.90 Å². The maximum absolute atomic E-state index is 14.0. The number of piperidine rings is 1. The highest BCUT2D eigenvalue weighted by Crippen LogP contribution is 2.25. The molecule has 0 bridgehead atoms. The second-order valence-electron chi connectivity index (χ2n) is 5.35. The van der Waals surface area contributed by atoms with Crippen LogP contribution in [0.2, 0.25) is 5.02 Å². The van der Waals surface area contributed by atoms with Gasteiger partial charge in [0.2, 0.25) is 0 Å². The van der Waals surface area contributed by atoms with Crippen molar-refractivity contribution in [3.63, 3.8) is 0 Å². The van der Waals surface area contributed by atoms with E-state index in [2.05, 4.69) is 9.88 Å². The van der Waals surface area contributed by atoms with E-state index in [9.17, 15) is 4.39 Å². The van der Waals surface area contributed by atoms with Crippen molar-refractivity contribution in [3.8, 4) is 0 Å². The molecule has 2 aliphatic heterocycles. The lowest BCUT2D eigenvalue weighted by Gasteiger charge is -2.41. The van der Waals surface area contributed by atoms with Crippen LogP contribution in [0.1, 0.15) is 12.8 Å². The first-order chi connectivity index (χ1) is 9.74. The van der Waals surface area contributed by atoms with Crippen molar-refractivity contribution in [2.75, 3.05) is 44.3 Å². The van der Waals surface area contributed by atoms with Crippen LogP contribution in [-0.4, -0.2) is 55.3 Å². The van der Waals surface area contributed by atoms with Gasteiger partial charge in [0.25, 0.3) is 0 Å². The van der Waals surface area contributed by atoms with Crippen molar-refractivity contribution in [2.24, 2.45) is 0 Å². The summed E-state index contributed by atoms with van der Waals surface area (Å²) in [5.41, 5.74) is 0. The highest BCUT2D eigenvalue weighted by molar-refractivity contribution is 6.30. The Bertz CT molecular complexity index is 468. The Morgan fingerprint density at radius 3 is 2.85 bits per heavy atom. The van der Waals surface area contributed by atoms with E-state index in [1.165, 1.54) is 12.3 Å². The van der Waals surface area contributed by atoms with Gasteiger partial charge in [-0.1, -0.05) is 11.6 Å². The van der Waals surface area contributed by atoms with Crippen LogP contribution in [0.4, 0.5) is 10.2 Å². The number of anilines is 1. The minimum absolute atomic E-state index is 0.333. The molecule has 0 amide bonds. The van der Waals surface area contributed by atoms with Crippen molar-refractivity contribution >= 4 is 17.4 Å². The van der Waals surface area contributed by atoms with Crippen molar-refractivity contribution in [1.82, 2.24) is 9.88 Å². The van der Waals surface area contributed by atoms with Crippen molar-refractivity contribution in [1.29, 1.82) is 0 Å². The molecular weight excluding hydrogens is 281 g/mol. The fourth-order valence-corrected chi connectivity index (χ4v) is 3.17. The molecular formula is C14H19ClFN3O. The predicted molar refractivity (Wildman–Crippen MR) is 76.8 cm³/mol. The van der Waals surface area contributed by atoms with Crippen LogP contribution in [0.3, 0.4) is 0 Å². The third-order valence-electron chi connectivity index (χ3n) is 4.05. The van der Waals surface area contributed by atoms with E-state index in [0.717, 1.165) is 52.2 Å². The van der Waals surface area contributed by atoms with Gasteiger partial charge in [0.05, 0.1) is 18.2 Å². The van der Waals surface area contributed by atoms with Crippen molar-refractivity contribution in [3.05, 3.63) is 23.1 Å². The molecule has 1 aromatic rings. The van der Waals surface area contributed by atoms with Crippen LogP contribution < -0.4 is 4.90 Å². The molecule has 0 N–H and O–H groups in total. The van der Waals surface area contributed by atoms with E-state index in [0.29, 0.717) is 16.9 Å². The van der Waals surface area contributed by atoms with Gasteiger partial charge in [-0.15, -0.1) is 0 Å². The van der Waals surface area contributed by atoms with E-state index >= 15 is 0 Å². The second kappa shape index (κ2) is 6.24. The molecule has 20 heavy (non-hydrogen) atoms. The molecule has 3 rings (SSSR count). The van der Waals surface area contributed by atoms with Gasteiger partial charge in [-0.2, -0.15) is 0 Å². The number of hydrogen-bond donors (Lipinski definition) is 0. The molecule has 110 valence electrons. The van der Waals surface area contributed by atoms with Gasteiger partial charge in [0, 0.05) is 38.4 Å². The average molecular weight is 300 g/mol. The van der Waals surface area contributed by atoms with E-state index in [4.69, 9.17) is 16.3 Å². The van der Waals surface area contributed by atoms with Crippen LogP contribution in [0.15, 0.2) is 12.3 Å². The summed E-state index contributed by atoms with van der Waals surface area (Å²) in [6.45, 7) is 5.20. The molecule has 2 saturated heterocycles. The lowest BCUT2D eigenvalue weighted by atomic mass is 10.0. The average Bonchev–Trinajstić information content (AvgIpc) is 2.48. The molecule has 1 atom stereocenters. The Balaban J connectivity index is 1.71. The largest absolute Gasteiger partial charge is 0.379 e. The van der Waals surface area contributed by atoms with Gasteiger partial charge in [-0.25, -0.2) is 9.37 Å². The standard InChI is InChI=1S/C14H19ClFN3O/c15-11-8-13(16)14(17-9-11)19-3-1-2-12(10-19)18-4-6-20-7-5-18/h8-9,12H,1-7,10H2. The smallest absolute Gasteiger partial charge is 0.167 e. The normalized spacial score (nSPS) is 24.9. The first kappa shape index (κ1) is 14.0. The zero-order valence-electron chi connectivity index (χ0n) is 11.4. The summed E-state index contributed by atoms with van der Waals surface area (Å²) in [6, 6.07) is 1.80. The van der Waals surface area contributed by atoms with E-state index in [-0.39, 0.29) is 5.82 Å². The highest BCUT2D eigenvalue weighted by atomic mass is 35.5. The van der Waals surface area contributed by atoms with Crippen LogP contribution >= 0.6 is 11.6 Å². The first-order valence-corrected chi connectivity index (χ1v) is 7.49. The van der Waals surface area contributed by atoms with Crippen LogP contribution in [0.25, 0.3) is 0 Å². The summed E-state index contributed by atoms with van der Waals surface area (Å²) in [7, 11) is 0. The molecule has 1 unspecified atom stereocenters. The lowest BCUT2D eigenvalue weighted by molar-refractivity contribution is 0.0136. The van der Waals surface area contributed by atoms with Gasteiger partial charge >= 0.3 is 0 Å². The van der Waals surface area contributed by atoms with E-state index < -0.39 is 0 Å². The summed E-state index contributed by atoms with van der Waals surface area (Å²) >= 11 is 5.76. The number of ether oxygens (including phenoxy) is 1. The quantitative estimate of drug-likeness (QED) is 0.837. The van der Waals surface area contributed by atoms with Gasteiger partial charge in [0.15, 0.2) is 11.6 Å². The highest BCUT2D eigenvalue weighted by Gasteiger charge is 2.28.